The Morgan fingerprint density at radius 3 is 2.06 bits per heavy atom. The van der Waals surface area contributed by atoms with E-state index in [1.807, 2.05) is 49.4 Å². The Morgan fingerprint density at radius 2 is 1.52 bits per heavy atom. The summed E-state index contributed by atoms with van der Waals surface area (Å²) in [6.07, 6.45) is 2.16. The number of hydrogen-bond donors (Lipinski definition) is 1. The van der Waals surface area contributed by atoms with Gasteiger partial charge in [-0.25, -0.2) is 8.42 Å². The van der Waals surface area contributed by atoms with Crippen LogP contribution in [0.4, 0.5) is 5.69 Å². The summed E-state index contributed by atoms with van der Waals surface area (Å²) in [5, 5.41) is 3.00. The van der Waals surface area contributed by atoms with Gasteiger partial charge in [0.25, 0.3) is 5.91 Å². The molecule has 162 valence electrons. The fourth-order valence-electron chi connectivity index (χ4n) is 3.33. The molecule has 0 unspecified atom stereocenters. The molecule has 0 aliphatic carbocycles. The summed E-state index contributed by atoms with van der Waals surface area (Å²) in [6.45, 7) is 4.28. The van der Waals surface area contributed by atoms with Crippen LogP contribution in [-0.2, 0) is 23.0 Å². The summed E-state index contributed by atoms with van der Waals surface area (Å²) in [4.78, 5) is 12.7. The lowest BCUT2D eigenvalue weighted by Crippen LogP contribution is -2.29. The van der Waals surface area contributed by atoms with Crippen LogP contribution in [0.25, 0.3) is 0 Å². The highest BCUT2D eigenvalue weighted by molar-refractivity contribution is 7.92. The zero-order valence-corrected chi connectivity index (χ0v) is 18.9. The number of amides is 1. The summed E-state index contributed by atoms with van der Waals surface area (Å²) in [7, 11) is -3.48. The molecule has 0 saturated heterocycles. The van der Waals surface area contributed by atoms with E-state index < -0.39 is 10.0 Å². The van der Waals surface area contributed by atoms with Crippen molar-refractivity contribution in [3.05, 3.63) is 101 Å². The molecule has 0 aliphatic heterocycles. The van der Waals surface area contributed by atoms with Crippen molar-refractivity contribution in [2.75, 3.05) is 10.6 Å². The highest BCUT2D eigenvalue weighted by Gasteiger charge is 2.19. The van der Waals surface area contributed by atoms with E-state index in [2.05, 4.69) is 24.4 Å². The molecule has 5 nitrogen and oxygen atoms in total. The van der Waals surface area contributed by atoms with Gasteiger partial charge in [-0.2, -0.15) is 0 Å². The minimum Gasteiger partial charge on any atom is -0.346 e. The molecule has 0 heterocycles. The summed E-state index contributed by atoms with van der Waals surface area (Å²) in [6, 6.07) is 24.1. The lowest BCUT2D eigenvalue weighted by molar-refractivity contribution is 0.0940. The Bertz CT molecular complexity index is 1110. The van der Waals surface area contributed by atoms with Gasteiger partial charge in [-0.05, 0) is 54.3 Å². The minimum absolute atomic E-state index is 0.135. The van der Waals surface area contributed by atoms with Crippen LogP contribution in [0, 0.1) is 0 Å². The third-order valence-corrected chi connectivity index (χ3v) is 6.36. The highest BCUT2D eigenvalue weighted by Crippen LogP contribution is 2.22. The number of aryl methyl sites for hydroxylation is 1. The Kier molecular flexibility index (Phi) is 7.13. The topological polar surface area (TPSA) is 66.5 Å². The molecular weight excluding hydrogens is 408 g/mol. The first-order chi connectivity index (χ1) is 14.8. The zero-order valence-electron chi connectivity index (χ0n) is 18.1. The smallest absolute Gasteiger partial charge is 0.251 e. The number of benzene rings is 3. The second-order valence-electron chi connectivity index (χ2n) is 7.59. The van der Waals surface area contributed by atoms with Crippen LogP contribution in [0.5, 0.6) is 0 Å². The number of carbonyl (C=O) groups excluding carboxylic acids is 1. The van der Waals surface area contributed by atoms with E-state index in [9.17, 15) is 13.2 Å². The fraction of sp³-hybridized carbons (Fsp3) is 0.240. The Morgan fingerprint density at radius 1 is 0.903 bits per heavy atom. The van der Waals surface area contributed by atoms with Gasteiger partial charge >= 0.3 is 0 Å². The molecule has 6 heteroatoms. The van der Waals surface area contributed by atoms with Crippen molar-refractivity contribution in [1.29, 1.82) is 0 Å². The molecule has 1 N–H and O–H groups in total. The van der Waals surface area contributed by atoms with Gasteiger partial charge in [0.2, 0.25) is 10.0 Å². The van der Waals surface area contributed by atoms with Gasteiger partial charge in [0.05, 0.1) is 24.5 Å². The van der Waals surface area contributed by atoms with E-state index >= 15 is 0 Å². The van der Waals surface area contributed by atoms with E-state index in [-0.39, 0.29) is 18.5 Å². The highest BCUT2D eigenvalue weighted by atomic mass is 32.2. The first-order valence-corrected chi connectivity index (χ1v) is 12.1. The van der Waals surface area contributed by atoms with Gasteiger partial charge in [0.1, 0.15) is 0 Å². The average molecular weight is 437 g/mol. The van der Waals surface area contributed by atoms with Crippen LogP contribution in [-0.4, -0.2) is 20.6 Å². The summed E-state index contributed by atoms with van der Waals surface area (Å²) in [5.74, 6) is -0.201. The van der Waals surface area contributed by atoms with Gasteiger partial charge in [-0.3, -0.25) is 9.10 Å². The summed E-state index contributed by atoms with van der Waals surface area (Å²) >= 11 is 0. The third kappa shape index (κ3) is 5.95. The second-order valence-corrected chi connectivity index (χ2v) is 9.50. The molecule has 0 bridgehead atoms. The number of carbonyl (C=O) groups is 1. The van der Waals surface area contributed by atoms with E-state index in [1.54, 1.807) is 24.3 Å². The number of hydrogen-bond acceptors (Lipinski definition) is 3. The van der Waals surface area contributed by atoms with Crippen LogP contribution in [0.1, 0.15) is 46.9 Å². The van der Waals surface area contributed by atoms with Gasteiger partial charge in [0, 0.05) is 5.56 Å². The fourth-order valence-corrected chi connectivity index (χ4v) is 4.22. The van der Waals surface area contributed by atoms with E-state index in [0.29, 0.717) is 11.3 Å². The minimum atomic E-state index is -3.48. The normalized spacial score (nSPS) is 12.2. The first kappa shape index (κ1) is 22.6. The van der Waals surface area contributed by atoms with Gasteiger partial charge in [0.15, 0.2) is 0 Å². The SMILES string of the molecule is CCc1ccc([C@H](C)NC(=O)c2ccc(N(Cc3ccccc3)S(C)(=O)=O)cc2)cc1. The monoisotopic (exact) mass is 436 g/mol. The standard InChI is InChI=1S/C25H28N2O3S/c1-4-20-10-12-22(13-11-20)19(2)26-25(28)23-14-16-24(17-15-23)27(31(3,29)30)18-21-8-6-5-7-9-21/h5-17,19H,4,18H2,1-3H3,(H,26,28)/t19-/m0/s1. The molecule has 1 atom stereocenters. The van der Waals surface area contributed by atoms with Crippen LogP contribution in [0.2, 0.25) is 0 Å². The molecule has 3 aromatic carbocycles. The van der Waals surface area contributed by atoms with Crippen molar-refractivity contribution in [1.82, 2.24) is 5.32 Å². The number of sulfonamides is 1. The molecule has 0 radical (unpaired) electrons. The quantitative estimate of drug-likeness (QED) is 0.556. The zero-order chi connectivity index (χ0) is 22.4. The average Bonchev–Trinajstić information content (AvgIpc) is 2.77. The number of rotatable bonds is 8. The van der Waals surface area contributed by atoms with E-state index in [1.165, 1.54) is 16.1 Å². The van der Waals surface area contributed by atoms with Crippen molar-refractivity contribution < 1.29 is 13.2 Å². The second kappa shape index (κ2) is 9.79. The van der Waals surface area contributed by atoms with Gasteiger partial charge < -0.3 is 5.32 Å². The number of nitrogens with one attached hydrogen (secondary N) is 1. The summed E-state index contributed by atoms with van der Waals surface area (Å²) in [5.41, 5.74) is 4.18. The van der Waals surface area contributed by atoms with Crippen molar-refractivity contribution in [3.8, 4) is 0 Å². The molecule has 0 saturated carbocycles. The molecule has 0 spiro atoms. The third-order valence-electron chi connectivity index (χ3n) is 5.22. The maximum absolute atomic E-state index is 12.7. The van der Waals surface area contributed by atoms with Crippen LogP contribution >= 0.6 is 0 Å². The molecule has 1 amide bonds. The maximum atomic E-state index is 12.7. The predicted octanol–water partition coefficient (Wildman–Crippen LogP) is 4.71. The van der Waals surface area contributed by atoms with Crippen LogP contribution in [0.15, 0.2) is 78.9 Å². The van der Waals surface area contributed by atoms with Crippen molar-refractivity contribution in [2.45, 2.75) is 32.9 Å². The molecule has 0 fully saturated rings. The number of anilines is 1. The van der Waals surface area contributed by atoms with Crippen molar-refractivity contribution in [3.63, 3.8) is 0 Å². The largest absolute Gasteiger partial charge is 0.346 e. The van der Waals surface area contributed by atoms with Crippen LogP contribution in [0.3, 0.4) is 0 Å². The van der Waals surface area contributed by atoms with Gasteiger partial charge in [-0.15, -0.1) is 0 Å². The Labute approximate surface area is 184 Å². The lowest BCUT2D eigenvalue weighted by atomic mass is 10.0. The maximum Gasteiger partial charge on any atom is 0.251 e. The van der Waals surface area contributed by atoms with E-state index in [4.69, 9.17) is 0 Å². The molecule has 3 aromatic rings. The Balaban J connectivity index is 1.73. The first-order valence-electron chi connectivity index (χ1n) is 10.3. The predicted molar refractivity (Wildman–Crippen MR) is 126 cm³/mol. The molecule has 3 rings (SSSR count). The molecule has 31 heavy (non-hydrogen) atoms. The van der Waals surface area contributed by atoms with Crippen LogP contribution < -0.4 is 9.62 Å². The van der Waals surface area contributed by atoms with E-state index in [0.717, 1.165) is 17.5 Å². The molecular formula is C25H28N2O3S. The van der Waals surface area contributed by atoms with Gasteiger partial charge in [-0.1, -0.05) is 61.5 Å². The lowest BCUT2D eigenvalue weighted by Gasteiger charge is -2.23. The summed E-state index contributed by atoms with van der Waals surface area (Å²) < 4.78 is 26.0. The number of nitrogens with zero attached hydrogens (tertiary/aromatic N) is 1. The van der Waals surface area contributed by atoms with Crippen molar-refractivity contribution >= 4 is 21.6 Å². The molecule has 0 aromatic heterocycles. The van der Waals surface area contributed by atoms with Crippen molar-refractivity contribution in [2.24, 2.45) is 0 Å². The Hall–Kier alpha value is -3.12. The molecule has 0 aliphatic rings.